The molecular formula is C20H10B2ClF2N3O. The summed E-state index contributed by atoms with van der Waals surface area (Å²) in [6.45, 7) is 0. The van der Waals surface area contributed by atoms with Gasteiger partial charge in [-0.05, 0) is 35.9 Å². The smallest absolute Gasteiger partial charge is 0.267 e. The minimum Gasteiger partial charge on any atom is -0.267 e. The summed E-state index contributed by atoms with van der Waals surface area (Å²) < 4.78 is 28.6. The molecule has 0 atom stereocenters. The third kappa shape index (κ3) is 3.34. The van der Waals surface area contributed by atoms with Crippen molar-refractivity contribution in [2.45, 2.75) is 5.34 Å². The van der Waals surface area contributed by atoms with Crippen LogP contribution in [-0.2, 0) is 5.34 Å². The van der Waals surface area contributed by atoms with Crippen molar-refractivity contribution in [2.75, 3.05) is 0 Å². The summed E-state index contributed by atoms with van der Waals surface area (Å²) in [4.78, 5) is 16.3. The lowest BCUT2D eigenvalue weighted by Gasteiger charge is -2.29. The fraction of sp³-hybridized carbons (Fsp3) is 0.0500. The van der Waals surface area contributed by atoms with Crippen LogP contribution in [0.2, 0.25) is 5.02 Å². The number of aromatic nitrogens is 3. The molecule has 4 rings (SSSR count). The number of hydrogen-bond acceptors (Lipinski definition) is 3. The highest BCUT2D eigenvalue weighted by molar-refractivity contribution is 6.40. The minimum absolute atomic E-state index is 0.0550. The van der Waals surface area contributed by atoms with Gasteiger partial charge in [-0.2, -0.15) is 18.9 Å². The van der Waals surface area contributed by atoms with Crippen LogP contribution in [0.25, 0.3) is 22.0 Å². The number of hydrogen-bond donors (Lipinski definition) is 0. The second-order valence-electron chi connectivity index (χ2n) is 6.42. The molecule has 0 bridgehead atoms. The fourth-order valence-corrected chi connectivity index (χ4v) is 3.19. The monoisotopic (exact) mass is 403 g/mol. The van der Waals surface area contributed by atoms with Crippen LogP contribution in [0.3, 0.4) is 0 Å². The van der Waals surface area contributed by atoms with Crippen LogP contribution in [0.15, 0.2) is 65.5 Å². The maximum atomic E-state index is 14.4. The van der Waals surface area contributed by atoms with E-state index in [1.165, 1.54) is 6.07 Å². The van der Waals surface area contributed by atoms with Crippen LogP contribution in [0.1, 0.15) is 5.56 Å². The zero-order chi connectivity index (χ0) is 20.8. The van der Waals surface area contributed by atoms with Crippen LogP contribution in [0.4, 0.5) is 8.78 Å². The first kappa shape index (κ1) is 19.3. The Labute approximate surface area is 172 Å². The fourth-order valence-electron chi connectivity index (χ4n) is 3.07. The van der Waals surface area contributed by atoms with Crippen molar-refractivity contribution >= 4 is 38.1 Å². The largest absolute Gasteiger partial charge is 0.274 e. The van der Waals surface area contributed by atoms with Crippen LogP contribution in [-0.4, -0.2) is 30.5 Å². The zero-order valence-corrected chi connectivity index (χ0v) is 15.6. The van der Waals surface area contributed by atoms with E-state index in [0.29, 0.717) is 16.0 Å². The highest BCUT2D eigenvalue weighted by Crippen LogP contribution is 2.28. The molecule has 2 aromatic carbocycles. The average Bonchev–Trinajstić information content (AvgIpc) is 2.69. The molecule has 2 heterocycles. The molecular weight excluding hydrogens is 393 g/mol. The van der Waals surface area contributed by atoms with Crippen LogP contribution < -0.4 is 5.56 Å². The predicted octanol–water partition coefficient (Wildman–Crippen LogP) is 3.39. The summed E-state index contributed by atoms with van der Waals surface area (Å²) in [6.07, 6.45) is 0. The van der Waals surface area contributed by atoms with Crippen LogP contribution in [0, 0.1) is 11.9 Å². The van der Waals surface area contributed by atoms with E-state index in [4.69, 9.17) is 27.3 Å². The molecule has 0 fully saturated rings. The highest BCUT2D eigenvalue weighted by Gasteiger charge is 2.27. The molecule has 4 radical (unpaired) electrons. The number of fused-ring (bicyclic) bond motifs is 1. The van der Waals surface area contributed by atoms with E-state index in [0.717, 1.165) is 10.7 Å². The first-order valence-electron chi connectivity index (χ1n) is 8.48. The normalized spacial score (nSPS) is 11.7. The van der Waals surface area contributed by atoms with E-state index >= 15 is 0 Å². The molecule has 9 heteroatoms. The molecule has 4 nitrogen and oxygen atoms in total. The molecule has 4 aromatic rings. The summed E-state index contributed by atoms with van der Waals surface area (Å²) in [5.41, 5.74) is -0.252. The van der Waals surface area contributed by atoms with Gasteiger partial charge in [-0.25, -0.2) is 4.68 Å². The van der Waals surface area contributed by atoms with E-state index in [9.17, 15) is 13.6 Å². The molecule has 0 aliphatic heterocycles. The standard InChI is InChI=1S/C20H10B2ClF2N3O/c21-20(22,11-5-7-12(23)8-6-11)28-19(29)14-4-2-1-3-13(14)17(27-28)15-9-10-16(24)26-18(15)25/h1-10H. The molecule has 2 aromatic heterocycles. The Hall–Kier alpha value is -2.99. The van der Waals surface area contributed by atoms with E-state index < -0.39 is 22.8 Å². The van der Waals surface area contributed by atoms with Gasteiger partial charge in [0.25, 0.3) is 5.56 Å². The lowest BCUT2D eigenvalue weighted by Crippen LogP contribution is -2.45. The average molecular weight is 403 g/mol. The van der Waals surface area contributed by atoms with Crippen molar-refractivity contribution in [3.8, 4) is 11.3 Å². The lowest BCUT2D eigenvalue weighted by atomic mass is 9.58. The Kier molecular flexibility index (Phi) is 4.74. The second kappa shape index (κ2) is 7.12. The summed E-state index contributed by atoms with van der Waals surface area (Å²) in [7, 11) is 12.6. The molecule has 0 saturated carbocycles. The Morgan fingerprint density at radius 3 is 2.24 bits per heavy atom. The molecule has 0 N–H and O–H groups in total. The molecule has 0 aliphatic rings. The summed E-state index contributed by atoms with van der Waals surface area (Å²) in [5.74, 6) is -2.05. The Balaban J connectivity index is 2.05. The van der Waals surface area contributed by atoms with Crippen molar-refractivity contribution in [1.82, 2.24) is 14.8 Å². The number of benzene rings is 2. The first-order valence-corrected chi connectivity index (χ1v) is 8.85. The number of pyridine rings is 1. The van der Waals surface area contributed by atoms with Crippen LogP contribution >= 0.6 is 11.6 Å². The van der Waals surface area contributed by atoms with Crippen molar-refractivity contribution in [2.24, 2.45) is 0 Å². The Morgan fingerprint density at radius 2 is 1.59 bits per heavy atom. The van der Waals surface area contributed by atoms with Crippen molar-refractivity contribution in [3.63, 3.8) is 0 Å². The summed E-state index contributed by atoms with van der Waals surface area (Å²) >= 11 is 5.91. The van der Waals surface area contributed by atoms with Gasteiger partial charge in [0.05, 0.1) is 26.6 Å². The molecule has 0 amide bonds. The van der Waals surface area contributed by atoms with Gasteiger partial charge in [0, 0.05) is 15.7 Å². The molecule has 138 valence electrons. The van der Waals surface area contributed by atoms with Gasteiger partial charge >= 0.3 is 0 Å². The van der Waals surface area contributed by atoms with E-state index in [1.54, 1.807) is 48.5 Å². The van der Waals surface area contributed by atoms with Gasteiger partial charge in [-0.3, -0.25) is 4.79 Å². The lowest BCUT2D eigenvalue weighted by molar-refractivity contribution is 0.513. The summed E-state index contributed by atoms with van der Waals surface area (Å²) in [5, 5.41) is 3.43. The predicted molar refractivity (Wildman–Crippen MR) is 109 cm³/mol. The maximum Gasteiger partial charge on any atom is 0.274 e. The van der Waals surface area contributed by atoms with Gasteiger partial charge in [0.15, 0.2) is 0 Å². The van der Waals surface area contributed by atoms with Gasteiger partial charge in [-0.15, -0.1) is 0 Å². The topological polar surface area (TPSA) is 47.8 Å². The summed E-state index contributed by atoms with van der Waals surface area (Å²) in [6, 6.07) is 14.9. The molecule has 0 saturated heterocycles. The Morgan fingerprint density at radius 1 is 0.931 bits per heavy atom. The minimum atomic E-state index is -1.86. The van der Waals surface area contributed by atoms with Gasteiger partial charge in [0.2, 0.25) is 11.9 Å². The second-order valence-corrected chi connectivity index (χ2v) is 6.85. The van der Waals surface area contributed by atoms with E-state index in [2.05, 4.69) is 10.1 Å². The van der Waals surface area contributed by atoms with Gasteiger partial charge in [0.1, 0.15) is 5.69 Å². The van der Waals surface area contributed by atoms with Gasteiger partial charge < -0.3 is 0 Å². The van der Waals surface area contributed by atoms with Crippen molar-refractivity contribution in [1.29, 1.82) is 0 Å². The van der Waals surface area contributed by atoms with Gasteiger partial charge in [-0.1, -0.05) is 41.9 Å². The SMILES string of the molecule is [B]C([B])(c1ccc(Cl)cc1)n1nc(-c2ccc(F)nc2F)c2ccccc2c1=O. The van der Waals surface area contributed by atoms with E-state index in [-0.39, 0.29) is 16.6 Å². The first-order chi connectivity index (χ1) is 13.8. The molecule has 29 heavy (non-hydrogen) atoms. The number of halogens is 3. The molecule has 0 spiro atoms. The highest BCUT2D eigenvalue weighted by atomic mass is 35.5. The number of nitrogens with zero attached hydrogens (tertiary/aromatic N) is 3. The maximum absolute atomic E-state index is 14.4. The molecule has 0 aliphatic carbocycles. The third-order valence-electron chi connectivity index (χ3n) is 4.53. The van der Waals surface area contributed by atoms with Crippen molar-refractivity contribution < 1.29 is 8.78 Å². The Bertz CT molecular complexity index is 1290. The number of rotatable bonds is 3. The van der Waals surface area contributed by atoms with E-state index in [1.807, 2.05) is 0 Å². The molecule has 0 unspecified atom stereocenters. The quantitative estimate of drug-likeness (QED) is 0.389. The zero-order valence-electron chi connectivity index (χ0n) is 14.8. The third-order valence-corrected chi connectivity index (χ3v) is 4.78. The van der Waals surface area contributed by atoms with Crippen molar-refractivity contribution in [3.05, 3.63) is 93.5 Å². The van der Waals surface area contributed by atoms with Crippen LogP contribution in [0.5, 0.6) is 0 Å².